The molecule has 0 atom stereocenters. The first-order valence-electron chi connectivity index (χ1n) is 7.33. The lowest BCUT2D eigenvalue weighted by molar-refractivity contribution is 0.307. The van der Waals surface area contributed by atoms with Crippen molar-refractivity contribution in [2.45, 2.75) is 6.61 Å². The van der Waals surface area contributed by atoms with Crippen LogP contribution < -0.4 is 15.2 Å². The van der Waals surface area contributed by atoms with E-state index >= 15 is 0 Å². The number of hydrogen-bond acceptors (Lipinski definition) is 4. The Hall–Kier alpha value is -3.01. The van der Waals surface area contributed by atoms with Gasteiger partial charge in [0.1, 0.15) is 12.4 Å². The molecule has 0 aliphatic rings. The van der Waals surface area contributed by atoms with Crippen molar-refractivity contribution >= 4 is 5.69 Å². The highest BCUT2D eigenvalue weighted by atomic mass is 16.5. The van der Waals surface area contributed by atoms with Gasteiger partial charge in [0, 0.05) is 11.1 Å². The lowest BCUT2D eigenvalue weighted by Crippen LogP contribution is -1.99. The number of methoxy groups -OCH3 is 1. The third kappa shape index (κ3) is 3.43. The minimum absolute atomic E-state index is 0.496. The maximum atomic E-state index is 5.99. The number of aromatic nitrogens is 1. The van der Waals surface area contributed by atoms with Crippen molar-refractivity contribution in [1.82, 2.24) is 4.98 Å². The fourth-order valence-corrected chi connectivity index (χ4v) is 2.37. The molecule has 116 valence electrons. The summed E-state index contributed by atoms with van der Waals surface area (Å²) in [6.07, 6.45) is 1.58. The Morgan fingerprint density at radius 3 is 2.48 bits per heavy atom. The van der Waals surface area contributed by atoms with Gasteiger partial charge in [-0.05, 0) is 17.7 Å². The average Bonchev–Trinajstić information content (AvgIpc) is 2.61. The smallest absolute Gasteiger partial charge is 0.221 e. The summed E-state index contributed by atoms with van der Waals surface area (Å²) in [6, 6.07) is 19.7. The standard InChI is InChI=1S/C19H18N2O2/c1-22-19-17(11-15(20)12-21-19)16-9-5-6-10-18(16)23-13-14-7-3-2-4-8-14/h2-12H,13,20H2,1H3. The van der Waals surface area contributed by atoms with E-state index in [4.69, 9.17) is 15.2 Å². The lowest BCUT2D eigenvalue weighted by Gasteiger charge is -2.14. The predicted octanol–water partition coefficient (Wildman–Crippen LogP) is 3.92. The molecule has 0 bridgehead atoms. The van der Waals surface area contributed by atoms with Crippen molar-refractivity contribution in [1.29, 1.82) is 0 Å². The molecule has 1 aromatic heterocycles. The van der Waals surface area contributed by atoms with Gasteiger partial charge in [-0.2, -0.15) is 0 Å². The molecule has 0 unspecified atom stereocenters. The van der Waals surface area contributed by atoms with Crippen LogP contribution >= 0.6 is 0 Å². The van der Waals surface area contributed by atoms with Crippen LogP contribution in [-0.2, 0) is 6.61 Å². The maximum absolute atomic E-state index is 5.99. The molecule has 0 aliphatic heterocycles. The summed E-state index contributed by atoms with van der Waals surface area (Å²) < 4.78 is 11.3. The average molecular weight is 306 g/mol. The molecule has 4 heteroatoms. The van der Waals surface area contributed by atoms with Crippen LogP contribution in [0.15, 0.2) is 66.9 Å². The van der Waals surface area contributed by atoms with E-state index < -0.39 is 0 Å². The van der Waals surface area contributed by atoms with Crippen LogP contribution in [0.25, 0.3) is 11.1 Å². The van der Waals surface area contributed by atoms with Gasteiger partial charge in [-0.3, -0.25) is 0 Å². The molecule has 0 saturated heterocycles. The number of hydrogen-bond donors (Lipinski definition) is 1. The summed E-state index contributed by atoms with van der Waals surface area (Å²) in [6.45, 7) is 0.496. The molecule has 2 aromatic carbocycles. The molecule has 0 saturated carbocycles. The third-order valence-electron chi connectivity index (χ3n) is 3.48. The summed E-state index contributed by atoms with van der Waals surface area (Å²) in [5.41, 5.74) is 9.29. The highest BCUT2D eigenvalue weighted by Crippen LogP contribution is 2.36. The molecule has 3 aromatic rings. The van der Waals surface area contributed by atoms with Crippen LogP contribution in [0.5, 0.6) is 11.6 Å². The van der Waals surface area contributed by atoms with Crippen LogP contribution in [0.4, 0.5) is 5.69 Å². The largest absolute Gasteiger partial charge is 0.488 e. The second-order valence-corrected chi connectivity index (χ2v) is 5.10. The van der Waals surface area contributed by atoms with Crippen molar-refractivity contribution in [2.75, 3.05) is 12.8 Å². The number of nitrogens with zero attached hydrogens (tertiary/aromatic N) is 1. The topological polar surface area (TPSA) is 57.4 Å². The number of anilines is 1. The van der Waals surface area contributed by atoms with E-state index in [2.05, 4.69) is 4.98 Å². The quantitative estimate of drug-likeness (QED) is 0.776. The van der Waals surface area contributed by atoms with E-state index in [1.165, 1.54) is 0 Å². The summed E-state index contributed by atoms with van der Waals surface area (Å²) in [5.74, 6) is 1.29. The molecule has 0 spiro atoms. The monoisotopic (exact) mass is 306 g/mol. The zero-order chi connectivity index (χ0) is 16.1. The van der Waals surface area contributed by atoms with Crippen LogP contribution in [0.3, 0.4) is 0 Å². The van der Waals surface area contributed by atoms with Crippen LogP contribution in [0.1, 0.15) is 5.56 Å². The minimum atomic E-state index is 0.496. The molecule has 0 radical (unpaired) electrons. The number of rotatable bonds is 5. The Balaban J connectivity index is 1.93. The predicted molar refractivity (Wildman–Crippen MR) is 91.4 cm³/mol. The Kier molecular flexibility index (Phi) is 4.43. The zero-order valence-electron chi connectivity index (χ0n) is 12.9. The van der Waals surface area contributed by atoms with E-state index in [-0.39, 0.29) is 0 Å². The second-order valence-electron chi connectivity index (χ2n) is 5.10. The Labute approximate surface area is 135 Å². The van der Waals surface area contributed by atoms with Gasteiger partial charge in [0.2, 0.25) is 5.88 Å². The highest BCUT2D eigenvalue weighted by molar-refractivity contribution is 5.76. The summed E-state index contributed by atoms with van der Waals surface area (Å²) in [5, 5.41) is 0. The molecule has 1 heterocycles. The minimum Gasteiger partial charge on any atom is -0.488 e. The summed E-state index contributed by atoms with van der Waals surface area (Å²) in [7, 11) is 1.59. The molecular weight excluding hydrogens is 288 g/mol. The maximum Gasteiger partial charge on any atom is 0.221 e. The van der Waals surface area contributed by atoms with Crippen LogP contribution in [0, 0.1) is 0 Å². The Bertz CT molecular complexity index is 788. The molecule has 2 N–H and O–H groups in total. The Morgan fingerprint density at radius 2 is 1.70 bits per heavy atom. The normalized spacial score (nSPS) is 10.3. The van der Waals surface area contributed by atoms with Crippen molar-refractivity contribution < 1.29 is 9.47 Å². The first kappa shape index (κ1) is 14.9. The number of nitrogens with two attached hydrogens (primary N) is 1. The highest BCUT2D eigenvalue weighted by Gasteiger charge is 2.13. The lowest BCUT2D eigenvalue weighted by atomic mass is 10.1. The number of para-hydroxylation sites is 1. The first-order valence-corrected chi connectivity index (χ1v) is 7.33. The van der Waals surface area contributed by atoms with Gasteiger partial charge in [0.05, 0.1) is 19.0 Å². The van der Waals surface area contributed by atoms with E-state index in [1.807, 2.05) is 60.7 Å². The van der Waals surface area contributed by atoms with E-state index in [1.54, 1.807) is 13.3 Å². The molecular formula is C19H18N2O2. The van der Waals surface area contributed by atoms with Gasteiger partial charge in [-0.1, -0.05) is 48.5 Å². The van der Waals surface area contributed by atoms with Crippen LogP contribution in [-0.4, -0.2) is 12.1 Å². The van der Waals surface area contributed by atoms with Gasteiger partial charge in [0.15, 0.2) is 0 Å². The van der Waals surface area contributed by atoms with Crippen molar-refractivity contribution in [3.63, 3.8) is 0 Å². The van der Waals surface area contributed by atoms with Crippen molar-refractivity contribution in [2.24, 2.45) is 0 Å². The van der Waals surface area contributed by atoms with Crippen LogP contribution in [0.2, 0.25) is 0 Å². The van der Waals surface area contributed by atoms with Gasteiger partial charge in [-0.25, -0.2) is 4.98 Å². The molecule has 0 aliphatic carbocycles. The van der Waals surface area contributed by atoms with E-state index in [0.717, 1.165) is 22.4 Å². The summed E-state index contributed by atoms with van der Waals surface area (Å²) in [4.78, 5) is 4.23. The fourth-order valence-electron chi connectivity index (χ4n) is 2.37. The molecule has 3 rings (SSSR count). The van der Waals surface area contributed by atoms with Gasteiger partial charge in [0.25, 0.3) is 0 Å². The number of pyridine rings is 1. The van der Waals surface area contributed by atoms with Gasteiger partial charge < -0.3 is 15.2 Å². The van der Waals surface area contributed by atoms with Crippen molar-refractivity contribution in [3.05, 3.63) is 72.4 Å². The fraction of sp³-hybridized carbons (Fsp3) is 0.105. The van der Waals surface area contributed by atoms with E-state index in [9.17, 15) is 0 Å². The number of ether oxygens (including phenoxy) is 2. The molecule has 0 amide bonds. The second kappa shape index (κ2) is 6.83. The zero-order valence-corrected chi connectivity index (χ0v) is 12.9. The number of nitrogen functional groups attached to an aromatic ring is 1. The SMILES string of the molecule is COc1ncc(N)cc1-c1ccccc1OCc1ccccc1. The van der Waals surface area contributed by atoms with Crippen molar-refractivity contribution in [3.8, 4) is 22.8 Å². The van der Waals surface area contributed by atoms with Gasteiger partial charge >= 0.3 is 0 Å². The molecule has 4 nitrogen and oxygen atoms in total. The molecule has 0 fully saturated rings. The summed E-state index contributed by atoms with van der Waals surface area (Å²) >= 11 is 0. The first-order chi connectivity index (χ1) is 11.3. The Morgan fingerprint density at radius 1 is 0.957 bits per heavy atom. The van der Waals surface area contributed by atoms with E-state index in [0.29, 0.717) is 18.2 Å². The third-order valence-corrected chi connectivity index (χ3v) is 3.48. The van der Waals surface area contributed by atoms with Gasteiger partial charge in [-0.15, -0.1) is 0 Å². The number of benzene rings is 2. The molecule has 23 heavy (non-hydrogen) atoms.